The van der Waals surface area contributed by atoms with E-state index in [0.717, 1.165) is 32.7 Å². The van der Waals surface area contributed by atoms with Crippen molar-refractivity contribution in [3.63, 3.8) is 0 Å². The van der Waals surface area contributed by atoms with Crippen LogP contribution in [0.1, 0.15) is 26.2 Å². The van der Waals surface area contributed by atoms with Crippen LogP contribution < -0.4 is 5.32 Å². The lowest BCUT2D eigenvalue weighted by Crippen LogP contribution is -2.37. The fourth-order valence-corrected chi connectivity index (χ4v) is 2.15. The molecule has 0 spiro atoms. The lowest BCUT2D eigenvalue weighted by molar-refractivity contribution is -0.119. The molecule has 88 valence electrons. The van der Waals surface area contributed by atoms with Crippen molar-refractivity contribution in [2.24, 2.45) is 0 Å². The molecule has 1 fully saturated rings. The highest BCUT2D eigenvalue weighted by molar-refractivity contribution is 5.72. The lowest BCUT2D eigenvalue weighted by atomic mass is 10.1. The molecule has 0 bridgehead atoms. The minimum absolute atomic E-state index is 0.0580. The van der Waals surface area contributed by atoms with Gasteiger partial charge < -0.3 is 10.1 Å². The standard InChI is InChI=1S/C11H22N2O2/c1-10(14)12-6-8-13-7-3-4-11(13)5-9-15-2/h11H,3-9H2,1-2H3,(H,12,14). The van der Waals surface area contributed by atoms with Gasteiger partial charge in [0, 0.05) is 39.8 Å². The summed E-state index contributed by atoms with van der Waals surface area (Å²) >= 11 is 0. The first-order chi connectivity index (χ1) is 7.24. The topological polar surface area (TPSA) is 41.6 Å². The number of amides is 1. The fraction of sp³-hybridized carbons (Fsp3) is 0.909. The van der Waals surface area contributed by atoms with Crippen LogP contribution in [0.15, 0.2) is 0 Å². The Morgan fingerprint density at radius 3 is 3.07 bits per heavy atom. The average Bonchev–Trinajstić information content (AvgIpc) is 2.62. The number of nitrogens with zero attached hydrogens (tertiary/aromatic N) is 1. The minimum atomic E-state index is 0.0580. The number of nitrogens with one attached hydrogen (secondary N) is 1. The molecule has 1 unspecified atom stereocenters. The van der Waals surface area contributed by atoms with Crippen molar-refractivity contribution >= 4 is 5.91 Å². The van der Waals surface area contributed by atoms with Crippen LogP contribution in [-0.2, 0) is 9.53 Å². The first-order valence-corrected chi connectivity index (χ1v) is 5.71. The van der Waals surface area contributed by atoms with Crippen molar-refractivity contribution in [2.45, 2.75) is 32.2 Å². The molecule has 4 heteroatoms. The quantitative estimate of drug-likeness (QED) is 0.705. The van der Waals surface area contributed by atoms with Gasteiger partial charge in [-0.15, -0.1) is 0 Å². The van der Waals surface area contributed by atoms with Gasteiger partial charge in [0.2, 0.25) is 5.91 Å². The van der Waals surface area contributed by atoms with E-state index in [4.69, 9.17) is 4.74 Å². The van der Waals surface area contributed by atoms with Gasteiger partial charge in [-0.2, -0.15) is 0 Å². The molecule has 1 atom stereocenters. The highest BCUT2D eigenvalue weighted by Crippen LogP contribution is 2.19. The third kappa shape index (κ3) is 4.62. The van der Waals surface area contributed by atoms with E-state index in [-0.39, 0.29) is 5.91 Å². The molecule has 0 aliphatic carbocycles. The zero-order chi connectivity index (χ0) is 11.1. The summed E-state index contributed by atoms with van der Waals surface area (Å²) in [6, 6.07) is 0.652. The first-order valence-electron chi connectivity index (χ1n) is 5.71. The van der Waals surface area contributed by atoms with Gasteiger partial charge in [-0.1, -0.05) is 0 Å². The highest BCUT2D eigenvalue weighted by atomic mass is 16.5. The van der Waals surface area contributed by atoms with Crippen molar-refractivity contribution in [3.8, 4) is 0 Å². The van der Waals surface area contributed by atoms with E-state index in [2.05, 4.69) is 10.2 Å². The molecule has 1 aliphatic rings. The van der Waals surface area contributed by atoms with Crippen LogP contribution in [0.25, 0.3) is 0 Å². The minimum Gasteiger partial charge on any atom is -0.385 e. The third-order valence-electron chi connectivity index (χ3n) is 2.93. The van der Waals surface area contributed by atoms with Gasteiger partial charge in [0.1, 0.15) is 0 Å². The number of hydrogen-bond donors (Lipinski definition) is 1. The normalized spacial score (nSPS) is 21.9. The maximum absolute atomic E-state index is 10.7. The predicted molar refractivity (Wildman–Crippen MR) is 59.8 cm³/mol. The van der Waals surface area contributed by atoms with Gasteiger partial charge in [-0.05, 0) is 25.8 Å². The first kappa shape index (κ1) is 12.5. The van der Waals surface area contributed by atoms with Crippen molar-refractivity contribution in [1.29, 1.82) is 0 Å². The summed E-state index contributed by atoms with van der Waals surface area (Å²) in [4.78, 5) is 13.2. The Bertz CT molecular complexity index is 197. The Morgan fingerprint density at radius 2 is 2.40 bits per heavy atom. The molecule has 4 nitrogen and oxygen atoms in total. The summed E-state index contributed by atoms with van der Waals surface area (Å²) in [6.45, 7) is 5.29. The van der Waals surface area contributed by atoms with E-state index >= 15 is 0 Å². The van der Waals surface area contributed by atoms with E-state index < -0.39 is 0 Å². The van der Waals surface area contributed by atoms with Crippen LogP contribution in [0.4, 0.5) is 0 Å². The molecule has 0 radical (unpaired) electrons. The number of ether oxygens (including phenoxy) is 1. The Kier molecular flexibility index (Phi) is 5.65. The van der Waals surface area contributed by atoms with Crippen LogP contribution >= 0.6 is 0 Å². The maximum atomic E-state index is 10.7. The number of hydrogen-bond acceptors (Lipinski definition) is 3. The summed E-state index contributed by atoms with van der Waals surface area (Å²) in [6.07, 6.45) is 3.65. The van der Waals surface area contributed by atoms with Crippen LogP contribution in [0, 0.1) is 0 Å². The molecule has 0 aromatic rings. The second-order valence-electron chi connectivity index (χ2n) is 4.10. The van der Waals surface area contributed by atoms with Gasteiger partial charge in [-0.25, -0.2) is 0 Å². The molecule has 0 saturated carbocycles. The highest BCUT2D eigenvalue weighted by Gasteiger charge is 2.23. The van der Waals surface area contributed by atoms with Crippen molar-refractivity contribution < 1.29 is 9.53 Å². The van der Waals surface area contributed by atoms with Crippen LogP contribution in [-0.4, -0.2) is 50.2 Å². The SMILES string of the molecule is COCCC1CCCN1CCNC(C)=O. The second kappa shape index (κ2) is 6.80. The molecule has 15 heavy (non-hydrogen) atoms. The zero-order valence-electron chi connectivity index (χ0n) is 9.79. The molecular weight excluding hydrogens is 192 g/mol. The van der Waals surface area contributed by atoms with Gasteiger partial charge in [-0.3, -0.25) is 9.69 Å². The molecule has 1 rings (SSSR count). The molecule has 1 amide bonds. The molecule has 1 saturated heterocycles. The molecule has 0 aromatic carbocycles. The van der Waals surface area contributed by atoms with E-state index in [9.17, 15) is 4.79 Å². The summed E-state index contributed by atoms with van der Waals surface area (Å²) in [7, 11) is 1.75. The Balaban J connectivity index is 2.17. The van der Waals surface area contributed by atoms with Gasteiger partial charge in [0.05, 0.1) is 0 Å². The molecule has 1 N–H and O–H groups in total. The van der Waals surface area contributed by atoms with E-state index in [1.807, 2.05) is 0 Å². The van der Waals surface area contributed by atoms with Gasteiger partial charge in [0.15, 0.2) is 0 Å². The predicted octanol–water partition coefficient (Wildman–Crippen LogP) is 0.623. The molecule has 1 aliphatic heterocycles. The summed E-state index contributed by atoms with van der Waals surface area (Å²) in [5.41, 5.74) is 0. The van der Waals surface area contributed by atoms with Crippen molar-refractivity contribution in [2.75, 3.05) is 33.4 Å². The summed E-state index contributed by atoms with van der Waals surface area (Å²) in [5.74, 6) is 0.0580. The van der Waals surface area contributed by atoms with Crippen LogP contribution in [0.3, 0.4) is 0 Å². The molecule has 1 heterocycles. The molecule has 0 aromatic heterocycles. The fourth-order valence-electron chi connectivity index (χ4n) is 2.15. The Morgan fingerprint density at radius 1 is 1.60 bits per heavy atom. The lowest BCUT2D eigenvalue weighted by Gasteiger charge is -2.24. The average molecular weight is 214 g/mol. The summed E-state index contributed by atoms with van der Waals surface area (Å²) in [5, 5.41) is 2.84. The molecular formula is C11H22N2O2. The number of rotatable bonds is 6. The number of methoxy groups -OCH3 is 1. The van der Waals surface area contributed by atoms with E-state index in [1.165, 1.54) is 12.8 Å². The Hall–Kier alpha value is -0.610. The largest absolute Gasteiger partial charge is 0.385 e. The van der Waals surface area contributed by atoms with E-state index in [0.29, 0.717) is 6.04 Å². The van der Waals surface area contributed by atoms with Crippen LogP contribution in [0.2, 0.25) is 0 Å². The van der Waals surface area contributed by atoms with E-state index in [1.54, 1.807) is 14.0 Å². The number of carbonyl (C=O) groups is 1. The van der Waals surface area contributed by atoms with Crippen molar-refractivity contribution in [3.05, 3.63) is 0 Å². The monoisotopic (exact) mass is 214 g/mol. The van der Waals surface area contributed by atoms with Gasteiger partial charge >= 0.3 is 0 Å². The number of likely N-dealkylation sites (tertiary alicyclic amines) is 1. The Labute approximate surface area is 92.0 Å². The smallest absolute Gasteiger partial charge is 0.216 e. The zero-order valence-corrected chi connectivity index (χ0v) is 9.79. The maximum Gasteiger partial charge on any atom is 0.216 e. The number of carbonyl (C=O) groups excluding carboxylic acids is 1. The van der Waals surface area contributed by atoms with Crippen molar-refractivity contribution in [1.82, 2.24) is 10.2 Å². The van der Waals surface area contributed by atoms with Crippen LogP contribution in [0.5, 0.6) is 0 Å². The second-order valence-corrected chi connectivity index (χ2v) is 4.10. The van der Waals surface area contributed by atoms with Gasteiger partial charge in [0.25, 0.3) is 0 Å². The summed E-state index contributed by atoms with van der Waals surface area (Å²) < 4.78 is 5.10. The third-order valence-corrected chi connectivity index (χ3v) is 2.93.